The van der Waals surface area contributed by atoms with Crippen LogP contribution in [0.15, 0.2) is 42.5 Å². The molecule has 43 heavy (non-hydrogen) atoms. The molecule has 0 spiro atoms. The number of carboxylic acids is 1. The van der Waals surface area contributed by atoms with Gasteiger partial charge >= 0.3 is 18.0 Å². The number of halogens is 1. The summed E-state index contributed by atoms with van der Waals surface area (Å²) in [4.78, 5) is 54.1. The van der Waals surface area contributed by atoms with Crippen molar-refractivity contribution in [1.29, 1.82) is 0 Å². The molecule has 4 rings (SSSR count). The van der Waals surface area contributed by atoms with Gasteiger partial charge in [-0.3, -0.25) is 14.5 Å². The summed E-state index contributed by atoms with van der Waals surface area (Å²) >= 11 is 0. The quantitative estimate of drug-likeness (QED) is 0.226. The van der Waals surface area contributed by atoms with Crippen LogP contribution in [0.25, 0.3) is 0 Å². The number of rotatable bonds is 13. The number of aliphatic carboxylic acids is 1. The number of imide groups is 1. The lowest BCUT2D eigenvalue weighted by molar-refractivity contribution is -0.137. The number of para-hydroxylation sites is 1. The predicted molar refractivity (Wildman–Crippen MR) is 167 cm³/mol. The molecule has 4 N–H and O–H groups in total. The number of amides is 5. The first-order valence-corrected chi connectivity index (χ1v) is 14.3. The zero-order valence-electron chi connectivity index (χ0n) is 25.3. The van der Waals surface area contributed by atoms with E-state index in [9.17, 15) is 19.2 Å². The summed E-state index contributed by atoms with van der Waals surface area (Å²) in [5, 5.41) is 18.0. The fourth-order valence-electron chi connectivity index (χ4n) is 5.25. The second kappa shape index (κ2) is 14.1. The van der Waals surface area contributed by atoms with Gasteiger partial charge < -0.3 is 30.7 Å². The van der Waals surface area contributed by atoms with Crippen molar-refractivity contribution in [3.05, 3.63) is 53.6 Å². The van der Waals surface area contributed by atoms with Crippen LogP contribution in [0.4, 0.5) is 21.0 Å². The Hall–Kier alpha value is -3.83. The maximum absolute atomic E-state index is 13.8. The highest BCUT2D eigenvalue weighted by atomic mass is 35.5. The van der Waals surface area contributed by atoms with E-state index in [0.29, 0.717) is 36.0 Å². The van der Waals surface area contributed by atoms with Gasteiger partial charge in [0.25, 0.3) is 5.91 Å². The number of benzene rings is 2. The summed E-state index contributed by atoms with van der Waals surface area (Å²) in [6, 6.07) is 11.3. The van der Waals surface area contributed by atoms with Gasteiger partial charge in [0.15, 0.2) is 0 Å². The second-order valence-corrected chi connectivity index (χ2v) is 11.8. The molecule has 1 saturated heterocycles. The van der Waals surface area contributed by atoms with Gasteiger partial charge in [0, 0.05) is 24.8 Å². The van der Waals surface area contributed by atoms with E-state index in [1.54, 1.807) is 43.9 Å². The van der Waals surface area contributed by atoms with E-state index in [0.717, 1.165) is 24.0 Å². The maximum atomic E-state index is 13.8. The molecule has 2 fully saturated rings. The Kier molecular flexibility index (Phi) is 11.0. The Labute approximate surface area is 258 Å². The van der Waals surface area contributed by atoms with E-state index in [1.807, 2.05) is 31.2 Å². The Morgan fingerprint density at radius 1 is 1.09 bits per heavy atom. The van der Waals surface area contributed by atoms with E-state index in [2.05, 4.69) is 16.0 Å². The molecular formula is C31H42ClN5O6. The number of carbonyl (C=O) groups excluding carboxylic acids is 3. The van der Waals surface area contributed by atoms with Crippen LogP contribution in [0.3, 0.4) is 0 Å². The molecule has 2 aliphatic rings. The lowest BCUT2D eigenvalue weighted by atomic mass is 10.0. The third kappa shape index (κ3) is 8.17. The number of urea groups is 2. The average molecular weight is 616 g/mol. The third-order valence-electron chi connectivity index (χ3n) is 7.95. The fourth-order valence-corrected chi connectivity index (χ4v) is 5.25. The zero-order chi connectivity index (χ0) is 30.6. The first kappa shape index (κ1) is 33.7. The molecule has 1 aliphatic carbocycles. The van der Waals surface area contributed by atoms with Gasteiger partial charge in [-0.05, 0) is 69.4 Å². The minimum absolute atomic E-state index is 0. The van der Waals surface area contributed by atoms with Crippen molar-refractivity contribution in [2.45, 2.75) is 77.5 Å². The normalized spacial score (nSPS) is 17.2. The largest absolute Gasteiger partial charge is 0.495 e. The van der Waals surface area contributed by atoms with Gasteiger partial charge in [-0.1, -0.05) is 37.1 Å². The molecule has 2 aromatic carbocycles. The molecule has 0 radical (unpaired) electrons. The standard InChI is InChI=1S/C31H41N5O6.ClH/c1-19-8-6-7-9-24(19)33-29(40)34-25-13-12-22(16-26(25)42-5)18-35-30(41)36(28(39)31(35,3)4)23(15-21-10-11-21)17-32-20(2)14-27(37)38;/h6-9,12-13,16,20-21,23,32H,10-11,14-15,17-18H2,1-5H3,(H,37,38)(H2,33,34,40);1H/t20-,23-;/m1./s1. The Balaban J connectivity index is 0.00000506. The first-order chi connectivity index (χ1) is 19.9. The van der Waals surface area contributed by atoms with Crippen LogP contribution in [0.2, 0.25) is 0 Å². The molecule has 1 saturated carbocycles. The molecule has 11 nitrogen and oxygen atoms in total. The van der Waals surface area contributed by atoms with Crippen molar-refractivity contribution >= 4 is 47.7 Å². The van der Waals surface area contributed by atoms with Crippen LogP contribution >= 0.6 is 12.4 Å². The Bertz CT molecular complexity index is 1350. The van der Waals surface area contributed by atoms with Crippen LogP contribution in [-0.4, -0.2) is 70.1 Å². The Morgan fingerprint density at radius 2 is 1.77 bits per heavy atom. The van der Waals surface area contributed by atoms with Gasteiger partial charge in [0.2, 0.25) is 0 Å². The van der Waals surface area contributed by atoms with E-state index >= 15 is 0 Å². The van der Waals surface area contributed by atoms with Crippen molar-refractivity contribution < 1.29 is 29.0 Å². The molecule has 12 heteroatoms. The van der Waals surface area contributed by atoms with E-state index < -0.39 is 17.5 Å². The number of hydrogen-bond acceptors (Lipinski definition) is 6. The SMILES string of the molecule is COc1cc(CN2C(=O)N([C@@H](CN[C@H](C)CC(=O)O)CC3CC3)C(=O)C2(C)C)ccc1NC(=O)Nc1ccccc1C.Cl. The number of nitrogens with zero attached hydrogens (tertiary/aromatic N) is 2. The molecule has 0 bridgehead atoms. The van der Waals surface area contributed by atoms with Gasteiger partial charge in [0.1, 0.15) is 11.3 Å². The number of methoxy groups -OCH3 is 1. The molecule has 2 atom stereocenters. The van der Waals surface area contributed by atoms with E-state index in [-0.39, 0.29) is 49.4 Å². The highest BCUT2D eigenvalue weighted by Crippen LogP contribution is 2.38. The van der Waals surface area contributed by atoms with E-state index in [4.69, 9.17) is 9.84 Å². The van der Waals surface area contributed by atoms with Crippen LogP contribution in [0, 0.1) is 12.8 Å². The number of hydrogen-bond donors (Lipinski definition) is 4. The number of aryl methyl sites for hydroxylation is 1. The Morgan fingerprint density at radius 3 is 2.40 bits per heavy atom. The van der Waals surface area contributed by atoms with Crippen LogP contribution in [-0.2, 0) is 16.1 Å². The minimum Gasteiger partial charge on any atom is -0.495 e. The van der Waals surface area contributed by atoms with Crippen molar-refractivity contribution in [2.75, 3.05) is 24.3 Å². The molecule has 5 amide bonds. The lowest BCUT2D eigenvalue weighted by Crippen LogP contribution is -2.49. The van der Waals surface area contributed by atoms with E-state index in [1.165, 1.54) is 12.0 Å². The predicted octanol–water partition coefficient (Wildman–Crippen LogP) is 5.23. The monoisotopic (exact) mass is 615 g/mol. The molecule has 0 unspecified atom stereocenters. The first-order valence-electron chi connectivity index (χ1n) is 14.3. The van der Waals surface area contributed by atoms with Gasteiger partial charge in [-0.2, -0.15) is 0 Å². The number of carbonyl (C=O) groups is 4. The lowest BCUT2D eigenvalue weighted by Gasteiger charge is -2.28. The molecule has 234 valence electrons. The van der Waals surface area contributed by atoms with Crippen molar-refractivity contribution in [1.82, 2.24) is 15.1 Å². The highest BCUT2D eigenvalue weighted by molar-refractivity contribution is 6.07. The van der Waals surface area contributed by atoms with Gasteiger partial charge in [0.05, 0.1) is 25.3 Å². The number of anilines is 2. The highest BCUT2D eigenvalue weighted by Gasteiger charge is 2.53. The van der Waals surface area contributed by atoms with Crippen molar-refractivity contribution in [3.8, 4) is 5.75 Å². The zero-order valence-corrected chi connectivity index (χ0v) is 26.1. The van der Waals surface area contributed by atoms with Crippen LogP contribution < -0.4 is 20.7 Å². The topological polar surface area (TPSA) is 140 Å². The number of ether oxygens (including phenoxy) is 1. The van der Waals surface area contributed by atoms with Gasteiger partial charge in [-0.15, -0.1) is 12.4 Å². The average Bonchev–Trinajstić information content (AvgIpc) is 3.73. The summed E-state index contributed by atoms with van der Waals surface area (Å²) in [5.74, 6) is -0.304. The summed E-state index contributed by atoms with van der Waals surface area (Å²) in [6.07, 6.45) is 2.77. The summed E-state index contributed by atoms with van der Waals surface area (Å²) in [6.45, 7) is 7.67. The summed E-state index contributed by atoms with van der Waals surface area (Å²) in [5.41, 5.74) is 1.74. The maximum Gasteiger partial charge on any atom is 0.328 e. The molecule has 2 aromatic rings. The summed E-state index contributed by atoms with van der Waals surface area (Å²) < 4.78 is 5.54. The third-order valence-corrected chi connectivity index (χ3v) is 7.95. The van der Waals surface area contributed by atoms with Crippen LogP contribution in [0.1, 0.15) is 57.6 Å². The van der Waals surface area contributed by atoms with Crippen molar-refractivity contribution in [3.63, 3.8) is 0 Å². The minimum atomic E-state index is -1.08. The number of carboxylic acid groups (broad SMARTS) is 1. The van der Waals surface area contributed by atoms with Crippen molar-refractivity contribution in [2.24, 2.45) is 5.92 Å². The smallest absolute Gasteiger partial charge is 0.328 e. The number of nitrogens with one attached hydrogen (secondary N) is 3. The molecule has 1 heterocycles. The molecule has 0 aromatic heterocycles. The van der Waals surface area contributed by atoms with Crippen LogP contribution in [0.5, 0.6) is 5.75 Å². The fraction of sp³-hybridized carbons (Fsp3) is 0.484. The molecule has 1 aliphatic heterocycles. The summed E-state index contributed by atoms with van der Waals surface area (Å²) in [7, 11) is 1.50. The van der Waals surface area contributed by atoms with Gasteiger partial charge in [-0.25, -0.2) is 9.59 Å². The molecular weight excluding hydrogens is 574 g/mol. The second-order valence-electron chi connectivity index (χ2n) is 11.8.